The lowest BCUT2D eigenvalue weighted by molar-refractivity contribution is -0.138. The standard InChI is InChI=1S/C39H42O10/c1-4-35(40)46-23-8-6-21-44-31-17-13-29(14-18-31)38(42)48-33-25-27(3)37(34(26-33)28-11-10-12-28)49-39(43)30-15-19-32(20-16-30)45-22-7-9-24-47-36(41)5-2/h4-5,13-20,25-26,28H,1-2,6-12,21-24H2,3H3. The van der Waals surface area contributed by atoms with Crippen molar-refractivity contribution in [1.29, 1.82) is 0 Å². The van der Waals surface area contributed by atoms with Gasteiger partial charge in [0.05, 0.1) is 37.6 Å². The van der Waals surface area contributed by atoms with E-state index in [-0.39, 0.29) is 5.92 Å². The number of hydrogen-bond donors (Lipinski definition) is 0. The second-order valence-corrected chi connectivity index (χ2v) is 11.5. The van der Waals surface area contributed by atoms with Crippen molar-refractivity contribution < 1.29 is 47.6 Å². The van der Waals surface area contributed by atoms with Gasteiger partial charge in [0.15, 0.2) is 0 Å². The fraction of sp³-hybridized carbons (Fsp3) is 0.333. The van der Waals surface area contributed by atoms with Crippen LogP contribution in [0.25, 0.3) is 0 Å². The van der Waals surface area contributed by atoms with Crippen molar-refractivity contribution in [3.63, 3.8) is 0 Å². The summed E-state index contributed by atoms with van der Waals surface area (Å²) >= 11 is 0. The number of benzene rings is 3. The van der Waals surface area contributed by atoms with Gasteiger partial charge < -0.3 is 28.4 Å². The smallest absolute Gasteiger partial charge is 0.343 e. The molecule has 1 aliphatic rings. The largest absolute Gasteiger partial charge is 0.494 e. The Bertz CT molecular complexity index is 1600. The first-order chi connectivity index (χ1) is 23.8. The van der Waals surface area contributed by atoms with E-state index in [4.69, 9.17) is 28.4 Å². The van der Waals surface area contributed by atoms with Crippen molar-refractivity contribution in [1.82, 2.24) is 0 Å². The van der Waals surface area contributed by atoms with E-state index in [0.29, 0.717) is 91.8 Å². The summed E-state index contributed by atoms with van der Waals surface area (Å²) in [5.41, 5.74) is 2.26. The maximum Gasteiger partial charge on any atom is 0.343 e. The third-order valence-electron chi connectivity index (χ3n) is 7.84. The van der Waals surface area contributed by atoms with Crippen molar-refractivity contribution in [3.05, 3.63) is 108 Å². The number of aryl methyl sites for hydroxylation is 1. The molecule has 0 atom stereocenters. The van der Waals surface area contributed by atoms with E-state index < -0.39 is 23.9 Å². The minimum absolute atomic E-state index is 0.196. The summed E-state index contributed by atoms with van der Waals surface area (Å²) in [5, 5.41) is 0. The molecule has 0 saturated heterocycles. The van der Waals surface area contributed by atoms with Crippen LogP contribution in [0.15, 0.2) is 86.0 Å². The average Bonchev–Trinajstić information content (AvgIpc) is 3.08. The molecule has 0 spiro atoms. The predicted octanol–water partition coefficient (Wildman–Crippen LogP) is 7.48. The number of unbranched alkanes of at least 4 members (excludes halogenated alkanes) is 2. The molecule has 10 nitrogen and oxygen atoms in total. The molecule has 0 unspecified atom stereocenters. The Hall–Kier alpha value is -5.38. The SMILES string of the molecule is C=CC(=O)OCCCCOc1ccc(C(=O)Oc2cc(C)c(OC(=O)c3ccc(OCCCCOC(=O)C=C)cc3)c(C3CCC3)c2)cc1. The molecule has 0 radical (unpaired) electrons. The van der Waals surface area contributed by atoms with E-state index in [0.717, 1.165) is 37.0 Å². The molecule has 0 bridgehead atoms. The second kappa shape index (κ2) is 18.8. The van der Waals surface area contributed by atoms with Gasteiger partial charge in [-0.1, -0.05) is 19.6 Å². The van der Waals surface area contributed by atoms with Gasteiger partial charge in [0.2, 0.25) is 0 Å². The van der Waals surface area contributed by atoms with Crippen molar-refractivity contribution in [2.75, 3.05) is 26.4 Å². The van der Waals surface area contributed by atoms with Crippen LogP contribution in [0.5, 0.6) is 23.0 Å². The number of ether oxygens (including phenoxy) is 6. The molecular weight excluding hydrogens is 628 g/mol. The highest BCUT2D eigenvalue weighted by Gasteiger charge is 2.27. The highest BCUT2D eigenvalue weighted by molar-refractivity contribution is 5.92. The van der Waals surface area contributed by atoms with Gasteiger partial charge in [-0.05, 0) is 118 Å². The van der Waals surface area contributed by atoms with Gasteiger partial charge in [-0.25, -0.2) is 19.2 Å². The average molecular weight is 671 g/mol. The molecule has 1 aliphatic carbocycles. The van der Waals surface area contributed by atoms with Crippen LogP contribution >= 0.6 is 0 Å². The van der Waals surface area contributed by atoms with Gasteiger partial charge in [0.25, 0.3) is 0 Å². The molecule has 4 rings (SSSR count). The van der Waals surface area contributed by atoms with Crippen LogP contribution in [-0.2, 0) is 19.1 Å². The molecule has 0 heterocycles. The first kappa shape index (κ1) is 36.5. The zero-order valence-corrected chi connectivity index (χ0v) is 27.8. The first-order valence-electron chi connectivity index (χ1n) is 16.4. The molecule has 0 amide bonds. The first-order valence-corrected chi connectivity index (χ1v) is 16.4. The van der Waals surface area contributed by atoms with Crippen LogP contribution in [0.1, 0.15) is 82.7 Å². The second-order valence-electron chi connectivity index (χ2n) is 11.5. The monoisotopic (exact) mass is 670 g/mol. The van der Waals surface area contributed by atoms with E-state index >= 15 is 0 Å². The maximum absolute atomic E-state index is 13.2. The van der Waals surface area contributed by atoms with Crippen LogP contribution in [-0.4, -0.2) is 50.3 Å². The fourth-order valence-electron chi connectivity index (χ4n) is 4.93. The zero-order chi connectivity index (χ0) is 35.0. The fourth-order valence-corrected chi connectivity index (χ4v) is 4.93. The molecule has 10 heteroatoms. The van der Waals surface area contributed by atoms with Crippen molar-refractivity contribution in [2.24, 2.45) is 0 Å². The Morgan fingerprint density at radius 1 is 0.653 bits per heavy atom. The quantitative estimate of drug-likeness (QED) is 0.0549. The zero-order valence-electron chi connectivity index (χ0n) is 27.8. The van der Waals surface area contributed by atoms with Crippen LogP contribution in [0.4, 0.5) is 0 Å². The summed E-state index contributed by atoms with van der Waals surface area (Å²) in [6.45, 7) is 10.0. The Balaban J connectivity index is 1.30. The molecular formula is C39H42O10. The summed E-state index contributed by atoms with van der Waals surface area (Å²) in [7, 11) is 0. The highest BCUT2D eigenvalue weighted by Crippen LogP contribution is 2.44. The van der Waals surface area contributed by atoms with Gasteiger partial charge in [-0.2, -0.15) is 0 Å². The molecule has 0 N–H and O–H groups in total. The summed E-state index contributed by atoms with van der Waals surface area (Å²) in [5.74, 6) is 0.366. The van der Waals surface area contributed by atoms with Gasteiger partial charge in [-0.3, -0.25) is 0 Å². The normalized spacial score (nSPS) is 12.2. The summed E-state index contributed by atoms with van der Waals surface area (Å²) < 4.78 is 33.0. The molecule has 49 heavy (non-hydrogen) atoms. The van der Waals surface area contributed by atoms with Gasteiger partial charge >= 0.3 is 23.9 Å². The Morgan fingerprint density at radius 2 is 1.12 bits per heavy atom. The molecule has 0 aromatic heterocycles. The van der Waals surface area contributed by atoms with Crippen molar-refractivity contribution in [2.45, 2.75) is 57.8 Å². The summed E-state index contributed by atoms with van der Waals surface area (Å²) in [6, 6.07) is 16.9. The molecule has 0 aliphatic heterocycles. The number of hydrogen-bond acceptors (Lipinski definition) is 10. The van der Waals surface area contributed by atoms with Crippen LogP contribution < -0.4 is 18.9 Å². The van der Waals surface area contributed by atoms with E-state index in [1.54, 1.807) is 60.7 Å². The van der Waals surface area contributed by atoms with Crippen molar-refractivity contribution >= 4 is 23.9 Å². The molecule has 3 aromatic carbocycles. The number of esters is 4. The van der Waals surface area contributed by atoms with Gasteiger partial charge in [0.1, 0.15) is 23.0 Å². The number of carbonyl (C=O) groups excluding carboxylic acids is 4. The van der Waals surface area contributed by atoms with Crippen LogP contribution in [0.3, 0.4) is 0 Å². The minimum atomic E-state index is -0.516. The third kappa shape index (κ3) is 11.4. The van der Waals surface area contributed by atoms with Gasteiger partial charge in [-0.15, -0.1) is 0 Å². The van der Waals surface area contributed by atoms with Crippen LogP contribution in [0, 0.1) is 6.92 Å². The Morgan fingerprint density at radius 3 is 1.57 bits per heavy atom. The predicted molar refractivity (Wildman–Crippen MR) is 182 cm³/mol. The molecule has 1 saturated carbocycles. The van der Waals surface area contributed by atoms with Crippen LogP contribution in [0.2, 0.25) is 0 Å². The summed E-state index contributed by atoms with van der Waals surface area (Å²) in [6.07, 6.45) is 7.95. The highest BCUT2D eigenvalue weighted by atomic mass is 16.5. The van der Waals surface area contributed by atoms with E-state index in [2.05, 4.69) is 13.2 Å². The molecule has 1 fully saturated rings. The van der Waals surface area contributed by atoms with E-state index in [1.807, 2.05) is 6.92 Å². The molecule has 258 valence electrons. The lowest BCUT2D eigenvalue weighted by Gasteiger charge is -2.28. The van der Waals surface area contributed by atoms with Crippen molar-refractivity contribution in [3.8, 4) is 23.0 Å². The van der Waals surface area contributed by atoms with Gasteiger partial charge in [0, 0.05) is 17.7 Å². The lowest BCUT2D eigenvalue weighted by Crippen LogP contribution is -2.16. The number of rotatable bonds is 19. The maximum atomic E-state index is 13.2. The number of carbonyl (C=O) groups is 4. The Kier molecular flexibility index (Phi) is 14.0. The topological polar surface area (TPSA) is 124 Å². The van der Waals surface area contributed by atoms with E-state index in [1.165, 1.54) is 0 Å². The third-order valence-corrected chi connectivity index (χ3v) is 7.84. The molecule has 3 aromatic rings. The minimum Gasteiger partial charge on any atom is -0.494 e. The summed E-state index contributed by atoms with van der Waals surface area (Å²) in [4.78, 5) is 48.3. The lowest BCUT2D eigenvalue weighted by atomic mass is 9.79. The van der Waals surface area contributed by atoms with E-state index in [9.17, 15) is 19.2 Å². The Labute approximate surface area is 286 Å².